The number of rotatable bonds is 9. The molecule has 0 amide bonds. The van der Waals surface area contributed by atoms with Crippen LogP contribution in [0.5, 0.6) is 0 Å². The van der Waals surface area contributed by atoms with Gasteiger partial charge in [-0.2, -0.15) is 13.2 Å². The Kier molecular flexibility index (Phi) is 10.6. The van der Waals surface area contributed by atoms with Gasteiger partial charge in [0.2, 0.25) is 5.88 Å². The van der Waals surface area contributed by atoms with Gasteiger partial charge in [-0.25, -0.2) is 9.38 Å². The van der Waals surface area contributed by atoms with Crippen LogP contribution in [0.2, 0.25) is 0 Å². The predicted octanol–water partition coefficient (Wildman–Crippen LogP) is 7.33. The molecule has 1 atom stereocenters. The lowest BCUT2D eigenvalue weighted by atomic mass is 10.1. The second-order valence-electron chi connectivity index (χ2n) is 5.57. The number of hydrogen-bond donors (Lipinski definition) is 0. The molecule has 0 fully saturated rings. The molecule has 0 aromatic rings. The van der Waals surface area contributed by atoms with Crippen LogP contribution in [0, 0.1) is 5.92 Å². The Morgan fingerprint density at radius 3 is 2.27 bits per heavy atom. The quantitative estimate of drug-likeness (QED) is 0.177. The largest absolute Gasteiger partial charge is 0.480 e. The number of allylic oxidation sites excluding steroid dienone is 6. The zero-order valence-corrected chi connectivity index (χ0v) is 16.9. The van der Waals surface area contributed by atoms with E-state index in [2.05, 4.69) is 11.6 Å². The summed E-state index contributed by atoms with van der Waals surface area (Å²) in [5.74, 6) is -1.95. The fourth-order valence-corrected chi connectivity index (χ4v) is 2.82. The second-order valence-corrected chi connectivity index (χ2v) is 6.74. The third kappa shape index (κ3) is 7.40. The van der Waals surface area contributed by atoms with Crippen LogP contribution in [0.4, 0.5) is 17.6 Å². The molecule has 0 heterocycles. The summed E-state index contributed by atoms with van der Waals surface area (Å²) in [5, 5.41) is 0. The molecule has 0 saturated carbocycles. The van der Waals surface area contributed by atoms with E-state index in [4.69, 9.17) is 4.74 Å². The number of hydrogen-bond acceptors (Lipinski definition) is 3. The Hall–Kier alpha value is -1.50. The van der Waals surface area contributed by atoms with Crippen molar-refractivity contribution in [1.29, 1.82) is 0 Å². The van der Waals surface area contributed by atoms with Crippen molar-refractivity contribution in [3.05, 3.63) is 45.8 Å². The van der Waals surface area contributed by atoms with E-state index in [1.807, 2.05) is 13.8 Å². The van der Waals surface area contributed by atoms with Gasteiger partial charge in [0.15, 0.2) is 5.57 Å². The maximum atomic E-state index is 14.0. The summed E-state index contributed by atoms with van der Waals surface area (Å²) in [6, 6.07) is 0. The average molecular weight is 393 g/mol. The molecule has 0 rings (SSSR count). The van der Waals surface area contributed by atoms with Crippen LogP contribution in [0.15, 0.2) is 50.8 Å². The zero-order chi connectivity index (χ0) is 20.5. The van der Waals surface area contributed by atoms with E-state index in [9.17, 15) is 17.6 Å². The molecule has 0 aromatic carbocycles. The molecular formula is C19H27F4NOS. The van der Waals surface area contributed by atoms with Gasteiger partial charge in [-0.3, -0.25) is 0 Å². The lowest BCUT2D eigenvalue weighted by Crippen LogP contribution is -2.16. The van der Waals surface area contributed by atoms with Crippen LogP contribution < -0.4 is 0 Å². The third-order valence-electron chi connectivity index (χ3n) is 3.60. The molecule has 0 aromatic heterocycles. The molecular weight excluding hydrogens is 366 g/mol. The first-order valence-electron chi connectivity index (χ1n) is 8.33. The second kappa shape index (κ2) is 11.3. The van der Waals surface area contributed by atoms with E-state index in [1.165, 1.54) is 11.8 Å². The summed E-state index contributed by atoms with van der Waals surface area (Å²) in [5.41, 5.74) is -1.22. The Labute approximate surface area is 157 Å². The van der Waals surface area contributed by atoms with Gasteiger partial charge in [-0.15, -0.1) is 0 Å². The maximum Gasteiger partial charge on any atom is 0.424 e. The molecule has 1 unspecified atom stereocenters. The van der Waals surface area contributed by atoms with E-state index in [1.54, 1.807) is 26.8 Å². The molecule has 0 aliphatic carbocycles. The Balaban J connectivity index is 6.05. The first kappa shape index (κ1) is 24.5. The highest BCUT2D eigenvalue weighted by Crippen LogP contribution is 2.37. The minimum atomic E-state index is -4.92. The van der Waals surface area contributed by atoms with Crippen LogP contribution in [0.3, 0.4) is 0 Å². The number of ether oxygens (including phenoxy) is 1. The average Bonchev–Trinajstić information content (AvgIpc) is 2.56. The van der Waals surface area contributed by atoms with Crippen molar-refractivity contribution in [2.45, 2.75) is 53.6 Å². The Morgan fingerprint density at radius 1 is 1.31 bits per heavy atom. The standard InChI is InChI=1S/C19H27F4NOS/c1-8-11-15(20)17(19(21,22)23)18(25-7)24-13(5)16(10-3)26-14(6)12(4)9-2/h10-12H,6,8-9H2,1-5,7H3/b15-11-,16-10-,18-17-,24-13-. The van der Waals surface area contributed by atoms with Crippen molar-refractivity contribution in [2.75, 3.05) is 7.11 Å². The van der Waals surface area contributed by atoms with Crippen LogP contribution in [-0.2, 0) is 4.74 Å². The minimum absolute atomic E-state index is 0.121. The first-order chi connectivity index (χ1) is 12.0. The van der Waals surface area contributed by atoms with E-state index < -0.39 is 23.5 Å². The zero-order valence-electron chi connectivity index (χ0n) is 16.1. The van der Waals surface area contributed by atoms with Gasteiger partial charge < -0.3 is 4.74 Å². The number of nitrogens with zero attached hydrogens (tertiary/aromatic N) is 1. The minimum Gasteiger partial charge on any atom is -0.480 e. The summed E-state index contributed by atoms with van der Waals surface area (Å²) >= 11 is 1.34. The smallest absolute Gasteiger partial charge is 0.424 e. The normalized spacial score (nSPS) is 16.3. The molecule has 0 aliphatic rings. The van der Waals surface area contributed by atoms with Gasteiger partial charge in [0.1, 0.15) is 5.83 Å². The Bertz CT molecular complexity index is 616. The molecule has 148 valence electrons. The molecule has 26 heavy (non-hydrogen) atoms. The molecule has 0 radical (unpaired) electrons. The van der Waals surface area contributed by atoms with Gasteiger partial charge in [0.05, 0.1) is 12.8 Å². The fraction of sp³-hybridized carbons (Fsp3) is 0.526. The van der Waals surface area contributed by atoms with Crippen molar-refractivity contribution in [3.63, 3.8) is 0 Å². The van der Waals surface area contributed by atoms with Crippen LogP contribution in [0.25, 0.3) is 0 Å². The summed E-state index contributed by atoms with van der Waals surface area (Å²) in [4.78, 5) is 5.44. The van der Waals surface area contributed by atoms with Crippen molar-refractivity contribution >= 4 is 17.5 Å². The summed E-state index contributed by atoms with van der Waals surface area (Å²) in [6.07, 6.45) is -1.32. The van der Waals surface area contributed by atoms with Crippen molar-refractivity contribution in [3.8, 4) is 0 Å². The summed E-state index contributed by atoms with van der Waals surface area (Å²) < 4.78 is 58.7. The van der Waals surface area contributed by atoms with Crippen LogP contribution in [0.1, 0.15) is 47.5 Å². The van der Waals surface area contributed by atoms with Gasteiger partial charge in [0, 0.05) is 4.91 Å². The lowest BCUT2D eigenvalue weighted by molar-refractivity contribution is -0.0944. The number of aliphatic imine (C=N–C) groups is 1. The SMILES string of the molecule is C=C(SC(=C\C)/C(C)=N\C(OC)=C(/C(F)=C/CC)C(F)(F)F)C(C)CC. The summed E-state index contributed by atoms with van der Waals surface area (Å²) in [6.45, 7) is 12.9. The third-order valence-corrected chi connectivity index (χ3v) is 5.02. The molecule has 7 heteroatoms. The van der Waals surface area contributed by atoms with E-state index in [-0.39, 0.29) is 12.3 Å². The van der Waals surface area contributed by atoms with Crippen molar-refractivity contribution in [2.24, 2.45) is 10.9 Å². The van der Waals surface area contributed by atoms with Crippen LogP contribution in [-0.4, -0.2) is 19.0 Å². The Morgan fingerprint density at radius 2 is 1.88 bits per heavy atom. The van der Waals surface area contributed by atoms with Gasteiger partial charge in [-0.05, 0) is 43.6 Å². The monoisotopic (exact) mass is 393 g/mol. The highest BCUT2D eigenvalue weighted by Gasteiger charge is 2.40. The predicted molar refractivity (Wildman–Crippen MR) is 103 cm³/mol. The first-order valence-corrected chi connectivity index (χ1v) is 9.15. The highest BCUT2D eigenvalue weighted by molar-refractivity contribution is 8.07. The lowest BCUT2D eigenvalue weighted by Gasteiger charge is -2.16. The number of halogens is 4. The van der Waals surface area contributed by atoms with Crippen molar-refractivity contribution < 1.29 is 22.3 Å². The van der Waals surface area contributed by atoms with Gasteiger partial charge in [0.25, 0.3) is 0 Å². The number of methoxy groups -OCH3 is 1. The molecule has 2 nitrogen and oxygen atoms in total. The van der Waals surface area contributed by atoms with Gasteiger partial charge in [-0.1, -0.05) is 45.2 Å². The highest BCUT2D eigenvalue weighted by atomic mass is 32.2. The van der Waals surface area contributed by atoms with E-state index >= 15 is 0 Å². The van der Waals surface area contributed by atoms with E-state index in [0.29, 0.717) is 10.6 Å². The number of thioether (sulfide) groups is 1. The molecule has 0 bridgehead atoms. The van der Waals surface area contributed by atoms with E-state index in [0.717, 1.165) is 24.5 Å². The van der Waals surface area contributed by atoms with Crippen molar-refractivity contribution in [1.82, 2.24) is 0 Å². The molecule has 0 N–H and O–H groups in total. The van der Waals surface area contributed by atoms with Crippen LogP contribution >= 0.6 is 11.8 Å². The maximum absolute atomic E-state index is 14.0. The molecule has 0 saturated heterocycles. The fourth-order valence-electron chi connectivity index (χ4n) is 1.86. The topological polar surface area (TPSA) is 21.6 Å². The molecule has 0 spiro atoms. The summed E-state index contributed by atoms with van der Waals surface area (Å²) in [7, 11) is 1.04. The number of alkyl halides is 3. The van der Waals surface area contributed by atoms with Gasteiger partial charge >= 0.3 is 6.18 Å². The molecule has 0 aliphatic heterocycles.